The third kappa shape index (κ3) is 5.38. The van der Waals surface area contributed by atoms with E-state index in [0.29, 0.717) is 5.57 Å². The summed E-state index contributed by atoms with van der Waals surface area (Å²) in [4.78, 5) is 31.1. The Balaban J connectivity index is 2.00. The van der Waals surface area contributed by atoms with Gasteiger partial charge in [-0.2, -0.15) is 13.2 Å². The van der Waals surface area contributed by atoms with Crippen molar-refractivity contribution in [3.63, 3.8) is 0 Å². The van der Waals surface area contributed by atoms with Gasteiger partial charge in [0.2, 0.25) is 0 Å². The van der Waals surface area contributed by atoms with Gasteiger partial charge in [0.25, 0.3) is 5.91 Å². The Morgan fingerprint density at radius 3 is 2.52 bits per heavy atom. The predicted octanol–water partition coefficient (Wildman–Crippen LogP) is 3.68. The van der Waals surface area contributed by atoms with Gasteiger partial charge in [0.05, 0.1) is 23.3 Å². The van der Waals surface area contributed by atoms with E-state index < -0.39 is 29.2 Å². The molecule has 1 aromatic rings. The standard InChI is InChI=1S/C23H31F3N4O3/c1-6-7-16-18-19(29-28-16)15(21(32)33-13(2)3)11-30(12-22(18,4)5)20(31)14-8-9-17(27-10-14)23(24,25)26/h8-11,13,16,18-19,28-29H,6-7,12H2,1-5H3. The van der Waals surface area contributed by atoms with Gasteiger partial charge in [-0.3, -0.25) is 15.2 Å². The Morgan fingerprint density at radius 2 is 1.97 bits per heavy atom. The smallest absolute Gasteiger partial charge is 0.433 e. The molecule has 1 saturated heterocycles. The zero-order valence-corrected chi connectivity index (χ0v) is 19.5. The second-order valence-corrected chi connectivity index (χ2v) is 9.58. The highest BCUT2D eigenvalue weighted by Crippen LogP contribution is 2.42. The molecule has 3 atom stereocenters. The summed E-state index contributed by atoms with van der Waals surface area (Å²) < 4.78 is 44.1. The van der Waals surface area contributed by atoms with Crippen molar-refractivity contribution in [1.29, 1.82) is 0 Å². The lowest BCUT2D eigenvalue weighted by molar-refractivity contribution is -0.143. The van der Waals surface area contributed by atoms with Crippen LogP contribution in [-0.2, 0) is 15.7 Å². The summed E-state index contributed by atoms with van der Waals surface area (Å²) in [5, 5.41) is 0. The summed E-state index contributed by atoms with van der Waals surface area (Å²) in [6, 6.07) is 1.58. The van der Waals surface area contributed by atoms with Crippen molar-refractivity contribution < 1.29 is 27.5 Å². The van der Waals surface area contributed by atoms with Crippen molar-refractivity contribution in [2.75, 3.05) is 6.54 Å². The number of rotatable bonds is 5. The van der Waals surface area contributed by atoms with Crippen LogP contribution in [0.4, 0.5) is 13.2 Å². The number of carbonyl (C=O) groups is 2. The molecule has 2 N–H and O–H groups in total. The van der Waals surface area contributed by atoms with E-state index in [9.17, 15) is 22.8 Å². The molecule has 0 saturated carbocycles. The molecule has 0 spiro atoms. The van der Waals surface area contributed by atoms with E-state index in [1.54, 1.807) is 13.8 Å². The quantitative estimate of drug-likeness (QED) is 0.642. The molecule has 1 aromatic heterocycles. The third-order valence-corrected chi connectivity index (χ3v) is 6.07. The van der Waals surface area contributed by atoms with E-state index in [4.69, 9.17) is 4.74 Å². The summed E-state index contributed by atoms with van der Waals surface area (Å²) in [6.45, 7) is 9.89. The van der Waals surface area contributed by atoms with Crippen LogP contribution in [0.3, 0.4) is 0 Å². The van der Waals surface area contributed by atoms with Gasteiger partial charge >= 0.3 is 12.1 Å². The molecule has 0 aromatic carbocycles. The zero-order chi connectivity index (χ0) is 24.6. The third-order valence-electron chi connectivity index (χ3n) is 6.07. The van der Waals surface area contributed by atoms with Crippen molar-refractivity contribution in [3.05, 3.63) is 41.4 Å². The number of hydrogen-bond acceptors (Lipinski definition) is 6. The Hall–Kier alpha value is -2.46. The molecule has 0 bridgehead atoms. The van der Waals surface area contributed by atoms with Crippen LogP contribution in [-0.4, -0.2) is 46.5 Å². The normalized spacial score (nSPS) is 24.8. The van der Waals surface area contributed by atoms with E-state index >= 15 is 0 Å². The first-order valence-electron chi connectivity index (χ1n) is 11.1. The minimum atomic E-state index is -4.59. The minimum Gasteiger partial charge on any atom is -0.460 e. The summed E-state index contributed by atoms with van der Waals surface area (Å²) in [5.41, 5.74) is 5.34. The van der Waals surface area contributed by atoms with Crippen LogP contribution in [0.25, 0.3) is 0 Å². The van der Waals surface area contributed by atoms with Gasteiger partial charge in [-0.1, -0.05) is 27.2 Å². The summed E-state index contributed by atoms with van der Waals surface area (Å²) in [6.07, 6.45) is -0.736. The maximum Gasteiger partial charge on any atom is 0.433 e. The Kier molecular flexibility index (Phi) is 7.18. The second-order valence-electron chi connectivity index (χ2n) is 9.58. The predicted molar refractivity (Wildman–Crippen MR) is 116 cm³/mol. The fourth-order valence-corrected chi connectivity index (χ4v) is 4.72. The number of ether oxygens (including phenoxy) is 1. The SMILES string of the molecule is CCCC1NNC2C(C(=O)OC(C)C)=CN(C(=O)c3ccc(C(F)(F)F)nc3)CC(C)(C)C12. The van der Waals surface area contributed by atoms with Crippen molar-refractivity contribution in [3.8, 4) is 0 Å². The second kappa shape index (κ2) is 9.42. The number of hydrogen-bond donors (Lipinski definition) is 2. The molecule has 182 valence electrons. The molecular formula is C23H31F3N4O3. The lowest BCUT2D eigenvalue weighted by atomic mass is 9.70. The number of amides is 1. The number of halogens is 3. The number of fused-ring (bicyclic) bond motifs is 1. The highest BCUT2D eigenvalue weighted by molar-refractivity contribution is 5.96. The lowest BCUT2D eigenvalue weighted by Gasteiger charge is -2.38. The summed E-state index contributed by atoms with van der Waals surface area (Å²) >= 11 is 0. The van der Waals surface area contributed by atoms with Crippen LogP contribution in [0.15, 0.2) is 30.1 Å². The number of carbonyl (C=O) groups excluding carboxylic acids is 2. The molecule has 2 aliphatic rings. The Bertz CT molecular complexity index is 913. The number of nitrogens with one attached hydrogen (secondary N) is 2. The monoisotopic (exact) mass is 468 g/mol. The van der Waals surface area contributed by atoms with Crippen LogP contribution in [0, 0.1) is 11.3 Å². The molecule has 1 fully saturated rings. The van der Waals surface area contributed by atoms with Gasteiger partial charge in [-0.05, 0) is 37.8 Å². The molecule has 33 heavy (non-hydrogen) atoms. The van der Waals surface area contributed by atoms with E-state index in [2.05, 4.69) is 22.8 Å². The molecule has 10 heteroatoms. The highest BCUT2D eigenvalue weighted by atomic mass is 19.4. The van der Waals surface area contributed by atoms with Crippen LogP contribution < -0.4 is 10.9 Å². The molecule has 3 heterocycles. The molecule has 3 unspecified atom stereocenters. The van der Waals surface area contributed by atoms with E-state index in [-0.39, 0.29) is 36.2 Å². The van der Waals surface area contributed by atoms with E-state index in [0.717, 1.165) is 31.2 Å². The molecule has 3 rings (SSSR count). The number of esters is 1. The molecule has 7 nitrogen and oxygen atoms in total. The lowest BCUT2D eigenvalue weighted by Crippen LogP contribution is -2.45. The van der Waals surface area contributed by atoms with Crippen LogP contribution >= 0.6 is 0 Å². The van der Waals surface area contributed by atoms with Gasteiger partial charge in [-0.15, -0.1) is 0 Å². The average Bonchev–Trinajstić information content (AvgIpc) is 3.08. The van der Waals surface area contributed by atoms with Crippen molar-refractivity contribution in [1.82, 2.24) is 20.7 Å². The van der Waals surface area contributed by atoms with Crippen molar-refractivity contribution >= 4 is 11.9 Å². The van der Waals surface area contributed by atoms with Crippen LogP contribution in [0.5, 0.6) is 0 Å². The molecule has 0 radical (unpaired) electrons. The number of hydrazine groups is 1. The molecule has 2 aliphatic heterocycles. The number of aromatic nitrogens is 1. The highest BCUT2D eigenvalue weighted by Gasteiger charge is 2.50. The topological polar surface area (TPSA) is 83.6 Å². The Morgan fingerprint density at radius 1 is 1.27 bits per heavy atom. The van der Waals surface area contributed by atoms with Crippen molar-refractivity contribution in [2.45, 2.75) is 71.8 Å². The minimum absolute atomic E-state index is 0.00915. The zero-order valence-electron chi connectivity index (χ0n) is 19.5. The van der Waals surface area contributed by atoms with Gasteiger partial charge in [-0.25, -0.2) is 10.2 Å². The Labute approximate surface area is 191 Å². The summed E-state index contributed by atoms with van der Waals surface area (Å²) in [5.74, 6) is -1.08. The van der Waals surface area contributed by atoms with Gasteiger partial charge in [0, 0.05) is 30.9 Å². The summed E-state index contributed by atoms with van der Waals surface area (Å²) in [7, 11) is 0. The first-order valence-corrected chi connectivity index (χ1v) is 11.1. The largest absolute Gasteiger partial charge is 0.460 e. The fourth-order valence-electron chi connectivity index (χ4n) is 4.72. The first-order chi connectivity index (χ1) is 15.3. The van der Waals surface area contributed by atoms with Gasteiger partial charge < -0.3 is 9.64 Å². The van der Waals surface area contributed by atoms with E-state index in [1.807, 2.05) is 13.8 Å². The maximum atomic E-state index is 13.3. The van der Waals surface area contributed by atoms with Crippen molar-refractivity contribution in [2.24, 2.45) is 11.3 Å². The number of pyridine rings is 1. The van der Waals surface area contributed by atoms with Crippen LogP contribution in [0.1, 0.15) is 63.5 Å². The number of nitrogens with zero attached hydrogens (tertiary/aromatic N) is 2. The maximum absolute atomic E-state index is 13.3. The van der Waals surface area contributed by atoms with Gasteiger partial charge in [0.15, 0.2) is 0 Å². The number of alkyl halides is 3. The van der Waals surface area contributed by atoms with E-state index in [1.165, 1.54) is 11.1 Å². The molecule has 1 amide bonds. The first kappa shape index (κ1) is 25.2. The average molecular weight is 469 g/mol. The molecular weight excluding hydrogens is 437 g/mol. The van der Waals surface area contributed by atoms with Crippen LogP contribution in [0.2, 0.25) is 0 Å². The fraction of sp³-hybridized carbons (Fsp3) is 0.609. The molecule has 0 aliphatic carbocycles. The van der Waals surface area contributed by atoms with Gasteiger partial charge in [0.1, 0.15) is 5.69 Å².